The van der Waals surface area contributed by atoms with Crippen LogP contribution in [0.15, 0.2) is 47.1 Å². The van der Waals surface area contributed by atoms with Crippen molar-refractivity contribution in [2.75, 3.05) is 20.3 Å². The highest BCUT2D eigenvalue weighted by atomic mass is 35.5. The van der Waals surface area contributed by atoms with E-state index in [1.165, 1.54) is 43.5 Å². The Morgan fingerprint density at radius 2 is 2.00 bits per heavy atom. The normalized spacial score (nSPS) is 14.3. The zero-order chi connectivity index (χ0) is 21.7. The summed E-state index contributed by atoms with van der Waals surface area (Å²) >= 11 is 6.26. The third-order valence-electron chi connectivity index (χ3n) is 3.91. The lowest BCUT2D eigenvalue weighted by Gasteiger charge is -2.12. The molecule has 0 spiro atoms. The first kappa shape index (κ1) is 21.3. The standard InChI is InChI=1S/C21H17ClFNO6/c1-3-28-18(25)11-29-19-15(22)8-12(10-17(19)27-2)9-16-21(26)30-20(24-16)13-4-6-14(23)7-5-13/h4-10H,3,11H2,1-2H3/b16-9+. The third kappa shape index (κ3) is 4.96. The molecule has 156 valence electrons. The summed E-state index contributed by atoms with van der Waals surface area (Å²) in [4.78, 5) is 27.8. The van der Waals surface area contributed by atoms with E-state index in [0.717, 1.165) is 0 Å². The Hall–Kier alpha value is -3.39. The van der Waals surface area contributed by atoms with Crippen LogP contribution in [0.25, 0.3) is 6.08 Å². The van der Waals surface area contributed by atoms with Gasteiger partial charge < -0.3 is 18.9 Å². The lowest BCUT2D eigenvalue weighted by Crippen LogP contribution is -2.15. The Labute approximate surface area is 176 Å². The van der Waals surface area contributed by atoms with Crippen LogP contribution >= 0.6 is 11.6 Å². The fourth-order valence-corrected chi connectivity index (χ4v) is 2.85. The second-order valence-corrected chi connectivity index (χ2v) is 6.38. The highest BCUT2D eigenvalue weighted by molar-refractivity contribution is 6.32. The van der Waals surface area contributed by atoms with Crippen LogP contribution < -0.4 is 9.47 Å². The molecular weight excluding hydrogens is 417 g/mol. The minimum atomic E-state index is -0.660. The van der Waals surface area contributed by atoms with E-state index in [0.29, 0.717) is 11.1 Å². The number of rotatable bonds is 7. The summed E-state index contributed by atoms with van der Waals surface area (Å²) in [7, 11) is 1.41. The van der Waals surface area contributed by atoms with Crippen LogP contribution in [0.5, 0.6) is 11.5 Å². The van der Waals surface area contributed by atoms with Crippen LogP contribution in [0, 0.1) is 5.82 Å². The Morgan fingerprint density at radius 3 is 2.67 bits per heavy atom. The van der Waals surface area contributed by atoms with E-state index < -0.39 is 17.8 Å². The molecule has 0 bridgehead atoms. The van der Waals surface area contributed by atoms with Gasteiger partial charge in [0.2, 0.25) is 5.90 Å². The molecular formula is C21H17ClFNO6. The minimum Gasteiger partial charge on any atom is -0.493 e. The SMILES string of the molecule is CCOC(=O)COc1c(Cl)cc(/C=C2/N=C(c3ccc(F)cc3)OC2=O)cc1OC. The van der Waals surface area contributed by atoms with Crippen LogP contribution in [0.3, 0.4) is 0 Å². The van der Waals surface area contributed by atoms with E-state index in [4.69, 9.17) is 30.5 Å². The first-order valence-corrected chi connectivity index (χ1v) is 9.23. The van der Waals surface area contributed by atoms with Crippen molar-refractivity contribution in [3.8, 4) is 11.5 Å². The molecule has 2 aromatic carbocycles. The molecule has 0 atom stereocenters. The Balaban J connectivity index is 1.85. The van der Waals surface area contributed by atoms with Crippen molar-refractivity contribution in [1.29, 1.82) is 0 Å². The van der Waals surface area contributed by atoms with Crippen molar-refractivity contribution >= 4 is 35.5 Å². The van der Waals surface area contributed by atoms with Gasteiger partial charge in [-0.2, -0.15) is 0 Å². The van der Waals surface area contributed by atoms with Gasteiger partial charge in [-0.05, 0) is 55.0 Å². The number of nitrogens with zero attached hydrogens (tertiary/aromatic N) is 1. The lowest BCUT2D eigenvalue weighted by atomic mass is 10.1. The van der Waals surface area contributed by atoms with Gasteiger partial charge >= 0.3 is 11.9 Å². The molecule has 0 saturated heterocycles. The molecule has 0 aliphatic carbocycles. The quantitative estimate of drug-likeness (QED) is 0.488. The van der Waals surface area contributed by atoms with Crippen molar-refractivity contribution in [3.05, 3.63) is 64.1 Å². The number of esters is 2. The molecule has 2 aromatic rings. The van der Waals surface area contributed by atoms with Gasteiger partial charge in [0.25, 0.3) is 0 Å². The maximum absolute atomic E-state index is 13.1. The molecule has 0 amide bonds. The van der Waals surface area contributed by atoms with E-state index in [1.807, 2.05) is 0 Å². The summed E-state index contributed by atoms with van der Waals surface area (Å²) in [6.45, 7) is 1.59. The van der Waals surface area contributed by atoms with Gasteiger partial charge in [-0.25, -0.2) is 19.0 Å². The molecule has 9 heteroatoms. The number of aliphatic imine (C=N–C) groups is 1. The van der Waals surface area contributed by atoms with Crippen LogP contribution in [0.2, 0.25) is 5.02 Å². The maximum Gasteiger partial charge on any atom is 0.363 e. The molecule has 30 heavy (non-hydrogen) atoms. The van der Waals surface area contributed by atoms with Gasteiger partial charge in [-0.3, -0.25) is 0 Å². The van der Waals surface area contributed by atoms with Crippen LogP contribution in [-0.2, 0) is 19.1 Å². The van der Waals surface area contributed by atoms with E-state index in [2.05, 4.69) is 4.99 Å². The second-order valence-electron chi connectivity index (χ2n) is 5.97. The van der Waals surface area contributed by atoms with Crippen molar-refractivity contribution in [3.63, 3.8) is 0 Å². The molecule has 0 radical (unpaired) electrons. The van der Waals surface area contributed by atoms with Crippen molar-refractivity contribution in [2.24, 2.45) is 4.99 Å². The van der Waals surface area contributed by atoms with Crippen LogP contribution in [0.1, 0.15) is 18.1 Å². The lowest BCUT2D eigenvalue weighted by molar-refractivity contribution is -0.145. The van der Waals surface area contributed by atoms with Gasteiger partial charge in [0, 0.05) is 5.56 Å². The van der Waals surface area contributed by atoms with Crippen molar-refractivity contribution in [1.82, 2.24) is 0 Å². The van der Waals surface area contributed by atoms with Gasteiger partial charge in [-0.15, -0.1) is 0 Å². The Bertz CT molecular complexity index is 1030. The summed E-state index contributed by atoms with van der Waals surface area (Å²) in [6.07, 6.45) is 1.46. The summed E-state index contributed by atoms with van der Waals surface area (Å²) in [5.74, 6) is -1.12. The monoisotopic (exact) mass is 433 g/mol. The predicted molar refractivity (Wildman–Crippen MR) is 107 cm³/mol. The maximum atomic E-state index is 13.1. The third-order valence-corrected chi connectivity index (χ3v) is 4.19. The molecule has 0 fully saturated rings. The van der Waals surface area contributed by atoms with Gasteiger partial charge in [0.1, 0.15) is 5.82 Å². The number of hydrogen-bond donors (Lipinski definition) is 0. The van der Waals surface area contributed by atoms with E-state index >= 15 is 0 Å². The second kappa shape index (κ2) is 9.41. The topological polar surface area (TPSA) is 83.4 Å². The van der Waals surface area contributed by atoms with Gasteiger partial charge in [0.15, 0.2) is 23.8 Å². The summed E-state index contributed by atoms with van der Waals surface area (Å²) in [5.41, 5.74) is 0.996. The number of hydrogen-bond acceptors (Lipinski definition) is 7. The average molecular weight is 434 g/mol. The van der Waals surface area contributed by atoms with E-state index in [1.54, 1.807) is 13.0 Å². The van der Waals surface area contributed by atoms with Crippen molar-refractivity contribution in [2.45, 2.75) is 6.92 Å². The zero-order valence-electron chi connectivity index (χ0n) is 16.1. The number of cyclic esters (lactones) is 1. The first-order valence-electron chi connectivity index (χ1n) is 8.85. The Kier molecular flexibility index (Phi) is 6.68. The molecule has 1 aliphatic rings. The molecule has 1 aliphatic heterocycles. The zero-order valence-corrected chi connectivity index (χ0v) is 16.9. The molecule has 7 nitrogen and oxygen atoms in total. The summed E-state index contributed by atoms with van der Waals surface area (Å²) < 4.78 is 33.7. The molecule has 3 rings (SSSR count). The van der Waals surface area contributed by atoms with Crippen LogP contribution in [-0.4, -0.2) is 38.2 Å². The fraction of sp³-hybridized carbons (Fsp3) is 0.190. The van der Waals surface area contributed by atoms with Gasteiger partial charge in [0.05, 0.1) is 18.7 Å². The number of ether oxygens (including phenoxy) is 4. The first-order chi connectivity index (χ1) is 14.4. The molecule has 0 unspecified atom stereocenters. The number of benzene rings is 2. The Morgan fingerprint density at radius 1 is 1.27 bits per heavy atom. The highest BCUT2D eigenvalue weighted by Gasteiger charge is 2.24. The van der Waals surface area contributed by atoms with E-state index in [9.17, 15) is 14.0 Å². The summed E-state index contributed by atoms with van der Waals surface area (Å²) in [5, 5.41) is 0.166. The predicted octanol–water partition coefficient (Wildman–Crippen LogP) is 3.77. The highest BCUT2D eigenvalue weighted by Crippen LogP contribution is 2.37. The van der Waals surface area contributed by atoms with E-state index in [-0.39, 0.29) is 41.3 Å². The number of halogens is 2. The molecule has 0 saturated carbocycles. The summed E-state index contributed by atoms with van der Waals surface area (Å²) in [6, 6.07) is 8.49. The average Bonchev–Trinajstić information content (AvgIpc) is 3.07. The largest absolute Gasteiger partial charge is 0.493 e. The molecule has 0 N–H and O–H groups in total. The number of methoxy groups -OCH3 is 1. The number of carbonyl (C=O) groups excluding carboxylic acids is 2. The van der Waals surface area contributed by atoms with Gasteiger partial charge in [-0.1, -0.05) is 11.6 Å². The fourth-order valence-electron chi connectivity index (χ4n) is 2.58. The minimum absolute atomic E-state index is 0.0348. The van der Waals surface area contributed by atoms with Crippen LogP contribution in [0.4, 0.5) is 4.39 Å². The smallest absolute Gasteiger partial charge is 0.363 e. The molecule has 1 heterocycles. The number of carbonyl (C=O) groups is 2. The van der Waals surface area contributed by atoms with Crippen molar-refractivity contribution < 1.29 is 32.9 Å². The molecule has 0 aromatic heterocycles.